The van der Waals surface area contributed by atoms with Gasteiger partial charge in [-0.05, 0) is 19.4 Å². The van der Waals surface area contributed by atoms with Crippen LogP contribution >= 0.6 is 0 Å². The van der Waals surface area contributed by atoms with Gasteiger partial charge in [-0.3, -0.25) is 0 Å². The van der Waals surface area contributed by atoms with Crippen LogP contribution in [0.15, 0.2) is 36.7 Å². The lowest BCUT2D eigenvalue weighted by Crippen LogP contribution is -1.88. The van der Waals surface area contributed by atoms with Crippen LogP contribution in [0, 0.1) is 13.8 Å². The van der Waals surface area contributed by atoms with E-state index >= 15 is 0 Å². The minimum Gasteiger partial charge on any atom is -0.236 e. The fraction of sp³-hybridized carbons (Fsp3) is 0.333. The maximum Gasteiger partial charge on any atom is 0.159 e. The molecule has 0 unspecified atom stereocenters. The minimum atomic E-state index is 0.788. The van der Waals surface area contributed by atoms with Crippen molar-refractivity contribution in [1.29, 1.82) is 0 Å². The topological polar surface area (TPSA) is 25.8 Å². The molecule has 0 aliphatic rings. The summed E-state index contributed by atoms with van der Waals surface area (Å²) in [6, 6.07) is 8.22. The van der Waals surface area contributed by atoms with Gasteiger partial charge in [0.05, 0.1) is 0 Å². The van der Waals surface area contributed by atoms with Gasteiger partial charge in [0.2, 0.25) is 0 Å². The third-order valence-electron chi connectivity index (χ3n) is 2.09. The molecule has 0 spiro atoms. The normalized spacial score (nSPS) is 9.41. The van der Waals surface area contributed by atoms with E-state index in [0.717, 1.165) is 17.0 Å². The lowest BCUT2D eigenvalue weighted by molar-refractivity contribution is 1.09. The van der Waals surface area contributed by atoms with Gasteiger partial charge in [-0.1, -0.05) is 50.1 Å². The Bertz CT molecular complexity index is 386. The second kappa shape index (κ2) is 6.79. The molecule has 0 saturated heterocycles. The summed E-state index contributed by atoms with van der Waals surface area (Å²) in [6.07, 6.45) is 4.92. The molecule has 90 valence electrons. The van der Waals surface area contributed by atoms with Crippen LogP contribution in [0.25, 0.3) is 11.4 Å². The number of rotatable bonds is 1. The summed E-state index contributed by atoms with van der Waals surface area (Å²) in [5, 5.41) is 0. The van der Waals surface area contributed by atoms with Gasteiger partial charge in [-0.2, -0.15) is 0 Å². The van der Waals surface area contributed by atoms with E-state index in [4.69, 9.17) is 0 Å². The molecule has 0 aliphatic carbocycles. The average Bonchev–Trinajstić information content (AvgIpc) is 2.32. The van der Waals surface area contributed by atoms with E-state index < -0.39 is 0 Å². The molecule has 0 fully saturated rings. The molecule has 0 N–H and O–H groups in total. The molecule has 0 atom stereocenters. The predicted molar refractivity (Wildman–Crippen MR) is 72.9 cm³/mol. The SMILES string of the molecule is CCC.Cc1ccc(-c2ncc(C)cn2)cc1. The smallest absolute Gasteiger partial charge is 0.159 e. The van der Waals surface area contributed by atoms with Gasteiger partial charge in [0.15, 0.2) is 5.82 Å². The number of benzene rings is 1. The van der Waals surface area contributed by atoms with Gasteiger partial charge in [0.25, 0.3) is 0 Å². The van der Waals surface area contributed by atoms with Crippen molar-refractivity contribution in [3.63, 3.8) is 0 Å². The van der Waals surface area contributed by atoms with Gasteiger partial charge in [-0.25, -0.2) is 9.97 Å². The molecular formula is C15H20N2. The Morgan fingerprint density at radius 2 is 1.29 bits per heavy atom. The van der Waals surface area contributed by atoms with E-state index in [1.807, 2.05) is 31.5 Å². The van der Waals surface area contributed by atoms with Crippen molar-refractivity contribution in [2.75, 3.05) is 0 Å². The van der Waals surface area contributed by atoms with Crippen molar-refractivity contribution in [3.05, 3.63) is 47.8 Å². The van der Waals surface area contributed by atoms with E-state index in [9.17, 15) is 0 Å². The van der Waals surface area contributed by atoms with Crippen LogP contribution in [-0.2, 0) is 0 Å². The molecule has 0 radical (unpaired) electrons. The second-order valence-corrected chi connectivity index (χ2v) is 4.16. The van der Waals surface area contributed by atoms with Gasteiger partial charge >= 0.3 is 0 Å². The van der Waals surface area contributed by atoms with Gasteiger partial charge < -0.3 is 0 Å². The molecule has 17 heavy (non-hydrogen) atoms. The van der Waals surface area contributed by atoms with E-state index in [2.05, 4.69) is 42.9 Å². The summed E-state index contributed by atoms with van der Waals surface area (Å²) in [4.78, 5) is 8.53. The van der Waals surface area contributed by atoms with E-state index in [-0.39, 0.29) is 0 Å². The Hall–Kier alpha value is -1.70. The Morgan fingerprint density at radius 1 is 0.824 bits per heavy atom. The minimum absolute atomic E-state index is 0.788. The van der Waals surface area contributed by atoms with Crippen LogP contribution in [0.1, 0.15) is 31.4 Å². The Labute approximate surface area is 104 Å². The summed E-state index contributed by atoms with van der Waals surface area (Å²) < 4.78 is 0. The highest BCUT2D eigenvalue weighted by atomic mass is 14.9. The molecule has 1 aromatic heterocycles. The summed E-state index contributed by atoms with van der Waals surface area (Å²) in [5.74, 6) is 0.788. The largest absolute Gasteiger partial charge is 0.236 e. The van der Waals surface area contributed by atoms with Crippen LogP contribution < -0.4 is 0 Å². The highest BCUT2D eigenvalue weighted by Gasteiger charge is 1.98. The standard InChI is InChI=1S/C12H12N2.C3H8/c1-9-3-5-11(6-4-9)12-13-7-10(2)8-14-12;1-3-2/h3-8H,1-2H3;3H2,1-2H3. The number of aromatic nitrogens is 2. The fourth-order valence-electron chi connectivity index (χ4n) is 1.24. The maximum atomic E-state index is 4.27. The first kappa shape index (κ1) is 13.4. The average molecular weight is 228 g/mol. The lowest BCUT2D eigenvalue weighted by atomic mass is 10.1. The molecule has 2 heteroatoms. The van der Waals surface area contributed by atoms with Crippen LogP contribution in [0.4, 0.5) is 0 Å². The first-order valence-corrected chi connectivity index (χ1v) is 6.03. The van der Waals surface area contributed by atoms with Gasteiger partial charge in [0.1, 0.15) is 0 Å². The Morgan fingerprint density at radius 3 is 1.76 bits per heavy atom. The van der Waals surface area contributed by atoms with Gasteiger partial charge in [-0.15, -0.1) is 0 Å². The number of hydrogen-bond acceptors (Lipinski definition) is 2. The molecule has 2 rings (SSSR count). The van der Waals surface area contributed by atoms with Crippen LogP contribution in [0.2, 0.25) is 0 Å². The van der Waals surface area contributed by atoms with Crippen molar-refractivity contribution < 1.29 is 0 Å². The molecule has 0 aliphatic heterocycles. The molecule has 0 saturated carbocycles. The summed E-state index contributed by atoms with van der Waals surface area (Å²) in [5.41, 5.74) is 3.40. The van der Waals surface area contributed by atoms with Crippen molar-refractivity contribution in [2.45, 2.75) is 34.1 Å². The van der Waals surface area contributed by atoms with E-state index in [0.29, 0.717) is 0 Å². The monoisotopic (exact) mass is 228 g/mol. The fourth-order valence-corrected chi connectivity index (χ4v) is 1.24. The third kappa shape index (κ3) is 4.35. The van der Waals surface area contributed by atoms with Crippen molar-refractivity contribution in [1.82, 2.24) is 9.97 Å². The number of hydrogen-bond donors (Lipinski definition) is 0. The molecule has 2 aromatic rings. The van der Waals surface area contributed by atoms with E-state index in [1.54, 1.807) is 0 Å². The third-order valence-corrected chi connectivity index (χ3v) is 2.09. The van der Waals surface area contributed by atoms with Crippen LogP contribution in [0.3, 0.4) is 0 Å². The Kier molecular flexibility index (Phi) is 5.34. The molecule has 1 aromatic carbocycles. The van der Waals surface area contributed by atoms with E-state index in [1.165, 1.54) is 12.0 Å². The molecule has 2 nitrogen and oxygen atoms in total. The first-order chi connectivity index (χ1) is 8.17. The second-order valence-electron chi connectivity index (χ2n) is 4.16. The maximum absolute atomic E-state index is 4.27. The predicted octanol–water partition coefficient (Wildman–Crippen LogP) is 4.18. The van der Waals surface area contributed by atoms with Crippen molar-refractivity contribution in [2.24, 2.45) is 0 Å². The Balaban J connectivity index is 0.000000437. The molecular weight excluding hydrogens is 208 g/mol. The highest BCUT2D eigenvalue weighted by molar-refractivity contribution is 5.54. The molecule has 0 bridgehead atoms. The summed E-state index contributed by atoms with van der Waals surface area (Å²) in [7, 11) is 0. The zero-order chi connectivity index (χ0) is 12.7. The lowest BCUT2D eigenvalue weighted by Gasteiger charge is -2.00. The number of nitrogens with zero attached hydrogens (tertiary/aromatic N) is 2. The highest BCUT2D eigenvalue weighted by Crippen LogP contribution is 2.14. The summed E-state index contributed by atoms with van der Waals surface area (Å²) in [6.45, 7) is 8.30. The summed E-state index contributed by atoms with van der Waals surface area (Å²) >= 11 is 0. The first-order valence-electron chi connectivity index (χ1n) is 6.03. The van der Waals surface area contributed by atoms with Gasteiger partial charge in [0, 0.05) is 18.0 Å². The zero-order valence-corrected chi connectivity index (χ0v) is 11.1. The number of aryl methyl sites for hydroxylation is 2. The molecule has 0 amide bonds. The molecule has 1 heterocycles. The van der Waals surface area contributed by atoms with Crippen LogP contribution in [-0.4, -0.2) is 9.97 Å². The quantitative estimate of drug-likeness (QED) is 0.732. The van der Waals surface area contributed by atoms with Crippen LogP contribution in [0.5, 0.6) is 0 Å². The van der Waals surface area contributed by atoms with Crippen molar-refractivity contribution >= 4 is 0 Å². The zero-order valence-electron chi connectivity index (χ0n) is 11.1. The van der Waals surface area contributed by atoms with Crippen molar-refractivity contribution in [3.8, 4) is 11.4 Å².